The first-order chi connectivity index (χ1) is 9.60. The molecule has 0 spiro atoms. The topological polar surface area (TPSA) is 17.8 Å². The zero-order chi connectivity index (χ0) is 14.3. The molecule has 0 bridgehead atoms. The van der Waals surface area contributed by atoms with Crippen LogP contribution in [0, 0.1) is 12.7 Å². The summed E-state index contributed by atoms with van der Waals surface area (Å²) in [5.41, 5.74) is 3.51. The average Bonchev–Trinajstić information content (AvgIpc) is 2.79. The van der Waals surface area contributed by atoms with Crippen LogP contribution in [0.1, 0.15) is 11.4 Å². The van der Waals surface area contributed by atoms with Crippen molar-refractivity contribution in [3.63, 3.8) is 0 Å². The second kappa shape index (κ2) is 5.08. The van der Waals surface area contributed by atoms with Gasteiger partial charge in [0.1, 0.15) is 11.6 Å². The molecular weight excluding hydrogens is 298 g/mol. The van der Waals surface area contributed by atoms with Gasteiger partial charge in [0.2, 0.25) is 0 Å². The van der Waals surface area contributed by atoms with Crippen molar-refractivity contribution in [1.29, 1.82) is 0 Å². The summed E-state index contributed by atoms with van der Waals surface area (Å²) in [5, 5.41) is 0.0989. The lowest BCUT2D eigenvalue weighted by Gasteiger charge is -2.08. The zero-order valence-corrected chi connectivity index (χ0v) is 12.2. The lowest BCUT2D eigenvalue weighted by molar-refractivity contribution is 0.627. The highest BCUT2D eigenvalue weighted by atomic mass is 35.5. The Morgan fingerprint density at radius 2 is 2.00 bits per heavy atom. The second-order valence-corrected chi connectivity index (χ2v) is 5.26. The van der Waals surface area contributed by atoms with E-state index in [9.17, 15) is 4.39 Å². The van der Waals surface area contributed by atoms with Gasteiger partial charge in [0.25, 0.3) is 0 Å². The Morgan fingerprint density at radius 1 is 1.20 bits per heavy atom. The zero-order valence-electron chi connectivity index (χ0n) is 10.7. The number of hydrogen-bond acceptors (Lipinski definition) is 1. The van der Waals surface area contributed by atoms with Gasteiger partial charge < -0.3 is 0 Å². The smallest absolute Gasteiger partial charge is 0.143 e. The van der Waals surface area contributed by atoms with E-state index in [2.05, 4.69) is 4.98 Å². The van der Waals surface area contributed by atoms with Gasteiger partial charge in [-0.3, -0.25) is 4.57 Å². The van der Waals surface area contributed by atoms with Crippen LogP contribution in [0.3, 0.4) is 0 Å². The number of benzene rings is 2. The van der Waals surface area contributed by atoms with Crippen molar-refractivity contribution in [3.05, 3.63) is 58.6 Å². The lowest BCUT2D eigenvalue weighted by atomic mass is 10.2. The molecule has 3 rings (SSSR count). The van der Waals surface area contributed by atoms with Crippen LogP contribution in [-0.2, 0) is 5.88 Å². The first kappa shape index (κ1) is 13.4. The van der Waals surface area contributed by atoms with Crippen molar-refractivity contribution < 1.29 is 4.39 Å². The molecule has 1 heterocycles. The van der Waals surface area contributed by atoms with E-state index in [1.165, 1.54) is 12.1 Å². The average molecular weight is 309 g/mol. The van der Waals surface area contributed by atoms with Crippen molar-refractivity contribution >= 4 is 34.2 Å². The molecule has 0 radical (unpaired) electrons. The Bertz CT molecular complexity index is 796. The van der Waals surface area contributed by atoms with Crippen LogP contribution in [0.25, 0.3) is 16.7 Å². The second-order valence-electron chi connectivity index (χ2n) is 4.59. The third-order valence-electron chi connectivity index (χ3n) is 3.16. The number of fused-ring (bicyclic) bond motifs is 1. The Kier molecular flexibility index (Phi) is 3.40. The van der Waals surface area contributed by atoms with E-state index >= 15 is 0 Å². The maximum atomic E-state index is 13.7. The number of nitrogens with zero attached hydrogens (tertiary/aromatic N) is 2. The summed E-state index contributed by atoms with van der Waals surface area (Å²) < 4.78 is 15.5. The molecule has 3 aromatic rings. The maximum Gasteiger partial charge on any atom is 0.143 e. The molecule has 0 unspecified atom stereocenters. The highest BCUT2D eigenvalue weighted by molar-refractivity contribution is 6.30. The first-order valence-electron chi connectivity index (χ1n) is 6.09. The van der Waals surface area contributed by atoms with Crippen molar-refractivity contribution in [3.8, 4) is 5.69 Å². The van der Waals surface area contributed by atoms with Crippen LogP contribution in [-0.4, -0.2) is 9.55 Å². The van der Waals surface area contributed by atoms with Crippen LogP contribution < -0.4 is 0 Å². The molecule has 0 amide bonds. The van der Waals surface area contributed by atoms with Gasteiger partial charge in [0.15, 0.2) is 0 Å². The van der Waals surface area contributed by atoms with Gasteiger partial charge in [-0.15, -0.1) is 11.6 Å². The van der Waals surface area contributed by atoms with Crippen LogP contribution in [0.15, 0.2) is 36.4 Å². The highest BCUT2D eigenvalue weighted by Crippen LogP contribution is 2.26. The van der Waals surface area contributed by atoms with Crippen molar-refractivity contribution in [2.75, 3.05) is 0 Å². The maximum absolute atomic E-state index is 13.7. The molecular formula is C15H11Cl2FN2. The van der Waals surface area contributed by atoms with Gasteiger partial charge in [0.05, 0.1) is 27.6 Å². The third kappa shape index (κ3) is 2.17. The predicted octanol–water partition coefficient (Wildman–Crippen LogP) is 4.87. The number of imidazole rings is 1. The molecule has 0 atom stereocenters. The van der Waals surface area contributed by atoms with Gasteiger partial charge in [-0.25, -0.2) is 9.37 Å². The third-order valence-corrected chi connectivity index (χ3v) is 3.71. The van der Waals surface area contributed by atoms with Crippen LogP contribution in [0.2, 0.25) is 5.02 Å². The van der Waals surface area contributed by atoms with E-state index in [1.54, 1.807) is 6.07 Å². The van der Waals surface area contributed by atoms with E-state index in [-0.39, 0.29) is 10.9 Å². The summed E-state index contributed by atoms with van der Waals surface area (Å²) in [6, 6.07) is 10.6. The summed E-state index contributed by atoms with van der Waals surface area (Å²) >= 11 is 11.7. The molecule has 0 aliphatic rings. The van der Waals surface area contributed by atoms with Crippen molar-refractivity contribution in [2.45, 2.75) is 12.8 Å². The molecule has 0 N–H and O–H groups in total. The number of hydrogen-bond donors (Lipinski definition) is 0. The first-order valence-corrected chi connectivity index (χ1v) is 7.01. The lowest BCUT2D eigenvalue weighted by Crippen LogP contribution is -2.00. The Labute approximate surface area is 125 Å². The molecule has 20 heavy (non-hydrogen) atoms. The fourth-order valence-corrected chi connectivity index (χ4v) is 2.53. The van der Waals surface area contributed by atoms with Gasteiger partial charge in [-0.2, -0.15) is 0 Å². The summed E-state index contributed by atoms with van der Waals surface area (Å²) in [7, 11) is 0. The normalized spacial score (nSPS) is 11.2. The number of aryl methyl sites for hydroxylation is 1. The van der Waals surface area contributed by atoms with Gasteiger partial charge >= 0.3 is 0 Å². The molecule has 2 aromatic carbocycles. The number of halogens is 3. The monoisotopic (exact) mass is 308 g/mol. The van der Waals surface area contributed by atoms with Gasteiger partial charge in [-0.1, -0.05) is 17.7 Å². The van der Waals surface area contributed by atoms with E-state index in [0.717, 1.165) is 16.6 Å². The van der Waals surface area contributed by atoms with E-state index in [4.69, 9.17) is 23.2 Å². The minimum atomic E-state index is -0.459. The molecule has 102 valence electrons. The number of aromatic nitrogens is 2. The van der Waals surface area contributed by atoms with E-state index < -0.39 is 5.82 Å². The van der Waals surface area contributed by atoms with Crippen LogP contribution in [0.4, 0.5) is 4.39 Å². The van der Waals surface area contributed by atoms with E-state index in [0.29, 0.717) is 11.5 Å². The van der Waals surface area contributed by atoms with Crippen molar-refractivity contribution in [1.82, 2.24) is 9.55 Å². The molecule has 0 saturated carbocycles. The number of rotatable bonds is 2. The van der Waals surface area contributed by atoms with Gasteiger partial charge in [-0.05, 0) is 42.8 Å². The Balaban J connectivity index is 2.32. The summed E-state index contributed by atoms with van der Waals surface area (Å²) in [6.45, 7) is 2.00. The minimum absolute atomic E-state index is 0.0989. The minimum Gasteiger partial charge on any atom is -0.295 e. The molecule has 5 heteroatoms. The fraction of sp³-hybridized carbons (Fsp3) is 0.133. The van der Waals surface area contributed by atoms with Crippen LogP contribution in [0.5, 0.6) is 0 Å². The van der Waals surface area contributed by atoms with Crippen LogP contribution >= 0.6 is 23.2 Å². The molecule has 0 fully saturated rings. The van der Waals surface area contributed by atoms with Crippen molar-refractivity contribution in [2.24, 2.45) is 0 Å². The predicted molar refractivity (Wildman–Crippen MR) is 80.3 cm³/mol. The van der Waals surface area contributed by atoms with E-state index in [1.807, 2.05) is 29.7 Å². The SMILES string of the molecule is Cc1ccc2nc(CCl)n(-c3ccc(Cl)c(F)c3)c2c1. The van der Waals surface area contributed by atoms with Gasteiger partial charge in [0, 0.05) is 0 Å². The fourth-order valence-electron chi connectivity index (χ4n) is 2.24. The summed E-state index contributed by atoms with van der Waals surface area (Å²) in [6.07, 6.45) is 0. The summed E-state index contributed by atoms with van der Waals surface area (Å²) in [4.78, 5) is 4.48. The molecule has 1 aromatic heterocycles. The quantitative estimate of drug-likeness (QED) is 0.618. The Hall–Kier alpha value is -1.58. The summed E-state index contributed by atoms with van der Waals surface area (Å²) in [5.74, 6) is 0.464. The molecule has 2 nitrogen and oxygen atoms in total. The molecule has 0 aliphatic heterocycles. The standard InChI is InChI=1S/C15H11Cl2FN2/c1-9-2-5-13-14(6-9)20(15(8-16)19-13)10-3-4-11(17)12(18)7-10/h2-7H,8H2,1H3. The Morgan fingerprint density at radius 3 is 2.70 bits per heavy atom. The number of alkyl halides is 1. The molecule has 0 aliphatic carbocycles. The molecule has 0 saturated heterocycles. The largest absolute Gasteiger partial charge is 0.295 e. The highest BCUT2D eigenvalue weighted by Gasteiger charge is 2.13.